The first kappa shape index (κ1) is 45.1. The normalized spacial score (nSPS) is 11.3. The number of rotatable bonds is 17. The number of carbonyl (C=O) groups excluding carboxylic acids is 2. The first-order chi connectivity index (χ1) is 29.2. The van der Waals surface area contributed by atoms with Gasteiger partial charge in [-0.2, -0.15) is 0 Å². The number of aromatic nitrogens is 2. The molecule has 21 heteroatoms. The van der Waals surface area contributed by atoms with Crippen molar-refractivity contribution in [1.29, 1.82) is 0 Å². The van der Waals surface area contributed by atoms with E-state index in [-0.39, 0.29) is 31.6 Å². The van der Waals surface area contributed by atoms with Gasteiger partial charge in [0.2, 0.25) is 11.8 Å². The molecule has 61 heavy (non-hydrogen) atoms. The maximum Gasteiger partial charge on any atom is 0.270 e. The molecule has 4 aromatic carbocycles. The molecule has 2 aromatic heterocycles. The van der Waals surface area contributed by atoms with Crippen molar-refractivity contribution in [2.75, 3.05) is 33.8 Å². The van der Waals surface area contributed by atoms with Crippen molar-refractivity contribution in [3.63, 3.8) is 0 Å². The summed E-state index contributed by atoms with van der Waals surface area (Å²) < 4.78 is 65.0. The third kappa shape index (κ3) is 13.8. The molecule has 0 fully saturated rings. The minimum atomic E-state index is -3.77. The van der Waals surface area contributed by atoms with E-state index < -0.39 is 30.9 Å². The first-order valence-corrected chi connectivity index (χ1v) is 22.6. The summed E-state index contributed by atoms with van der Waals surface area (Å²) in [5, 5.41) is 19.9. The molecule has 0 unspecified atom stereocenters. The van der Waals surface area contributed by atoms with Crippen molar-refractivity contribution in [3.05, 3.63) is 148 Å². The zero-order valence-electron chi connectivity index (χ0n) is 32.3. The highest BCUT2D eigenvalue weighted by Gasteiger charge is 2.17. The van der Waals surface area contributed by atoms with Crippen molar-refractivity contribution in [1.82, 2.24) is 9.97 Å². The van der Waals surface area contributed by atoms with Crippen molar-refractivity contribution >= 4 is 94.0 Å². The molecule has 0 radical (unpaired) electrons. The van der Waals surface area contributed by atoms with Crippen molar-refractivity contribution in [2.24, 2.45) is 0 Å². The molecule has 0 atom stereocenters. The molecule has 0 aliphatic heterocycles. The van der Waals surface area contributed by atoms with E-state index in [9.17, 15) is 36.5 Å². The van der Waals surface area contributed by atoms with Crippen LogP contribution >= 0.6 is 22.7 Å². The predicted octanol–water partition coefficient (Wildman–Crippen LogP) is 7.90. The van der Waals surface area contributed by atoms with Crippen LogP contribution in [0.1, 0.15) is 24.5 Å². The number of non-ortho nitro benzene ring substituents is 1. The van der Waals surface area contributed by atoms with Gasteiger partial charge < -0.3 is 20.1 Å². The first-order valence-electron chi connectivity index (χ1n) is 17.8. The van der Waals surface area contributed by atoms with Gasteiger partial charge in [0.1, 0.15) is 0 Å². The third-order valence-corrected chi connectivity index (χ3v) is 12.1. The minimum absolute atomic E-state index is 0.0258. The van der Waals surface area contributed by atoms with Crippen molar-refractivity contribution in [3.8, 4) is 11.5 Å². The fourth-order valence-electron chi connectivity index (χ4n) is 4.90. The molecule has 2 amide bonds. The Morgan fingerprint density at radius 2 is 1.23 bits per heavy atom. The van der Waals surface area contributed by atoms with Crippen LogP contribution in [0, 0.1) is 10.1 Å². The van der Waals surface area contributed by atoms with E-state index in [1.165, 1.54) is 109 Å². The van der Waals surface area contributed by atoms with E-state index in [0.29, 0.717) is 35.0 Å². The summed E-state index contributed by atoms with van der Waals surface area (Å²) in [5.41, 5.74) is 2.07. The summed E-state index contributed by atoms with van der Waals surface area (Å²) in [7, 11) is -5.95. The number of hydrogen-bond donors (Lipinski definition) is 4. The van der Waals surface area contributed by atoms with Crippen LogP contribution < -0.4 is 29.6 Å². The highest BCUT2D eigenvalue weighted by atomic mass is 32.2. The topological polar surface area (TPSA) is 238 Å². The number of sulfonamides is 2. The molecule has 0 aliphatic carbocycles. The SMILES string of the molecule is CCCOc1ccc(/C=C/C(=O)Nc2ccc(S(=O)(=O)Nc3nccs3)cc2)cc1OC.O=C(/C=C/c1cccc([N+](=O)[O-])c1)Nc1ccc(S(=O)(=O)Nc2nccs2)cc1. The van der Waals surface area contributed by atoms with E-state index in [1.54, 1.807) is 42.1 Å². The molecule has 0 saturated carbocycles. The fraction of sp³-hybridized carbons (Fsp3) is 0.100. The summed E-state index contributed by atoms with van der Waals surface area (Å²) in [6, 6.07) is 22.7. The summed E-state index contributed by atoms with van der Waals surface area (Å²) in [4.78, 5) is 42.4. The summed E-state index contributed by atoms with van der Waals surface area (Å²) in [5.74, 6) is 0.416. The lowest BCUT2D eigenvalue weighted by atomic mass is 10.2. The minimum Gasteiger partial charge on any atom is -0.493 e. The zero-order valence-corrected chi connectivity index (χ0v) is 35.5. The van der Waals surface area contributed by atoms with Gasteiger partial charge in [-0.25, -0.2) is 26.8 Å². The third-order valence-electron chi connectivity index (χ3n) is 7.76. The second kappa shape index (κ2) is 21.4. The maximum absolute atomic E-state index is 12.4. The Kier molecular flexibility index (Phi) is 15.8. The van der Waals surface area contributed by atoms with Gasteiger partial charge in [0.05, 0.1) is 28.4 Å². The van der Waals surface area contributed by atoms with Gasteiger partial charge in [0, 0.05) is 58.8 Å². The monoisotopic (exact) mass is 903 g/mol. The van der Waals surface area contributed by atoms with E-state index in [0.717, 1.165) is 23.3 Å². The summed E-state index contributed by atoms with van der Waals surface area (Å²) in [6.45, 7) is 2.61. The molecule has 6 rings (SSSR count). The summed E-state index contributed by atoms with van der Waals surface area (Å²) >= 11 is 2.34. The van der Waals surface area contributed by atoms with Gasteiger partial charge in [-0.05, 0) is 90.4 Å². The van der Waals surface area contributed by atoms with Gasteiger partial charge >= 0.3 is 0 Å². The van der Waals surface area contributed by atoms with Crippen LogP contribution in [0.15, 0.2) is 136 Å². The highest BCUT2D eigenvalue weighted by Crippen LogP contribution is 2.29. The van der Waals surface area contributed by atoms with Crippen LogP contribution in [0.5, 0.6) is 11.5 Å². The fourth-order valence-corrected chi connectivity index (χ4v) is 8.48. The Hall–Kier alpha value is -6.94. The van der Waals surface area contributed by atoms with Crippen molar-refractivity contribution in [2.45, 2.75) is 23.1 Å². The Balaban J connectivity index is 0.000000232. The number of hydrogen-bond acceptors (Lipinski definition) is 14. The number of benzene rings is 4. The highest BCUT2D eigenvalue weighted by molar-refractivity contribution is 7.93. The van der Waals surface area contributed by atoms with E-state index in [4.69, 9.17) is 9.47 Å². The number of thiazole rings is 2. The molecule has 17 nitrogen and oxygen atoms in total. The molecule has 6 aromatic rings. The average molecular weight is 904 g/mol. The number of amides is 2. The second-order valence-corrected chi connectivity index (χ2v) is 17.3. The number of nitrogens with zero attached hydrogens (tertiary/aromatic N) is 3. The Bertz CT molecular complexity index is 2710. The molecule has 0 saturated heterocycles. The van der Waals surface area contributed by atoms with Gasteiger partial charge in [-0.1, -0.05) is 25.1 Å². The van der Waals surface area contributed by atoms with E-state index in [1.807, 2.05) is 13.0 Å². The number of carbonyl (C=O) groups is 2. The van der Waals surface area contributed by atoms with Crippen LogP contribution in [0.3, 0.4) is 0 Å². The van der Waals surface area contributed by atoms with Crippen LogP contribution in [0.4, 0.5) is 27.3 Å². The van der Waals surface area contributed by atoms with Crippen LogP contribution in [-0.2, 0) is 29.6 Å². The lowest BCUT2D eigenvalue weighted by molar-refractivity contribution is -0.384. The average Bonchev–Trinajstić information content (AvgIpc) is 3.96. The lowest BCUT2D eigenvalue weighted by Crippen LogP contribution is -2.13. The molecule has 2 heterocycles. The quantitative estimate of drug-likeness (QED) is 0.0388. The van der Waals surface area contributed by atoms with Crippen LogP contribution in [0.2, 0.25) is 0 Å². The number of anilines is 4. The molecule has 316 valence electrons. The molecule has 0 bridgehead atoms. The lowest BCUT2D eigenvalue weighted by Gasteiger charge is -2.10. The Morgan fingerprint density at radius 3 is 1.67 bits per heavy atom. The Labute approximate surface area is 359 Å². The van der Waals surface area contributed by atoms with Crippen LogP contribution in [0.25, 0.3) is 12.2 Å². The van der Waals surface area contributed by atoms with Crippen molar-refractivity contribution < 1.29 is 40.8 Å². The van der Waals surface area contributed by atoms with Crippen LogP contribution in [-0.4, -0.2) is 57.3 Å². The standard InChI is InChI=1S/C22H23N3O5S2.C18H14N4O5S2/c1-3-13-30-19-10-4-16(15-20(19)29-2)5-11-21(26)24-17-6-8-18(9-7-17)32(27,28)25-22-23-12-14-31-22;23-17(9-4-13-2-1-3-15(12-13)22(24)25)20-14-5-7-16(8-6-14)29(26,27)21-18-19-10-11-28-18/h4-12,14-15H,3,13H2,1-2H3,(H,23,25)(H,24,26);1-12H,(H,19,21)(H,20,23)/b11-5+;9-4+. The number of nitro benzene ring substituents is 1. The molecule has 4 N–H and O–H groups in total. The number of ether oxygens (including phenoxy) is 2. The van der Waals surface area contributed by atoms with Gasteiger partial charge in [0.25, 0.3) is 25.7 Å². The largest absolute Gasteiger partial charge is 0.493 e. The maximum atomic E-state index is 12.4. The Morgan fingerprint density at radius 1 is 0.721 bits per heavy atom. The number of nitrogens with one attached hydrogen (secondary N) is 4. The molecular formula is C40H37N7O10S4. The summed E-state index contributed by atoms with van der Waals surface area (Å²) in [6.07, 6.45) is 9.60. The van der Waals surface area contributed by atoms with E-state index in [2.05, 4.69) is 30.0 Å². The zero-order chi connectivity index (χ0) is 43.8. The predicted molar refractivity (Wildman–Crippen MR) is 236 cm³/mol. The molecule has 0 aliphatic rings. The smallest absolute Gasteiger partial charge is 0.270 e. The van der Waals surface area contributed by atoms with Gasteiger partial charge in [0.15, 0.2) is 21.8 Å². The van der Waals surface area contributed by atoms with E-state index >= 15 is 0 Å². The number of methoxy groups -OCH3 is 1. The van der Waals surface area contributed by atoms with Gasteiger partial charge in [-0.3, -0.25) is 29.1 Å². The number of nitro groups is 1. The second-order valence-electron chi connectivity index (χ2n) is 12.2. The molecular weight excluding hydrogens is 867 g/mol. The van der Waals surface area contributed by atoms with Gasteiger partial charge in [-0.15, -0.1) is 22.7 Å². The molecule has 0 spiro atoms.